The van der Waals surface area contributed by atoms with E-state index in [0.717, 1.165) is 28.8 Å². The lowest BCUT2D eigenvalue weighted by Crippen LogP contribution is -2.34. The van der Waals surface area contributed by atoms with E-state index in [-0.39, 0.29) is 6.04 Å². The van der Waals surface area contributed by atoms with Crippen molar-refractivity contribution >= 4 is 26.0 Å². The maximum atomic E-state index is 12.3. The number of rotatable bonds is 6. The van der Waals surface area contributed by atoms with Crippen LogP contribution < -0.4 is 4.72 Å². The van der Waals surface area contributed by atoms with Gasteiger partial charge in [-0.1, -0.05) is 35.7 Å². The standard InChI is InChI=1S/C14H20BrNO2S/c1-3-12(9-11-4-5-11)16-19(17,18)13-6-7-14(15)10(2)8-13/h6-8,11-12,16H,3-5,9H2,1-2H3. The predicted molar refractivity (Wildman–Crippen MR) is 80.6 cm³/mol. The van der Waals surface area contributed by atoms with E-state index in [1.807, 2.05) is 13.8 Å². The summed E-state index contributed by atoms with van der Waals surface area (Å²) in [5.41, 5.74) is 0.929. The zero-order valence-electron chi connectivity index (χ0n) is 11.3. The third-order valence-electron chi connectivity index (χ3n) is 3.57. The molecular weight excluding hydrogens is 326 g/mol. The molecule has 19 heavy (non-hydrogen) atoms. The Morgan fingerprint density at radius 1 is 1.42 bits per heavy atom. The van der Waals surface area contributed by atoms with Crippen LogP contribution in [0.4, 0.5) is 0 Å². The topological polar surface area (TPSA) is 46.2 Å². The fourth-order valence-corrected chi connectivity index (χ4v) is 3.79. The highest BCUT2D eigenvalue weighted by atomic mass is 79.9. The summed E-state index contributed by atoms with van der Waals surface area (Å²) in [5.74, 6) is 0.722. The third kappa shape index (κ3) is 4.04. The summed E-state index contributed by atoms with van der Waals surface area (Å²) in [6.45, 7) is 3.92. The summed E-state index contributed by atoms with van der Waals surface area (Å²) < 4.78 is 28.4. The first kappa shape index (κ1) is 15.0. The van der Waals surface area contributed by atoms with E-state index in [9.17, 15) is 8.42 Å². The Morgan fingerprint density at radius 3 is 2.63 bits per heavy atom. The molecule has 1 aromatic rings. The molecule has 0 amide bonds. The highest BCUT2D eigenvalue weighted by molar-refractivity contribution is 9.10. The van der Waals surface area contributed by atoms with Crippen molar-refractivity contribution in [3.8, 4) is 0 Å². The number of aryl methyl sites for hydroxylation is 1. The minimum Gasteiger partial charge on any atom is -0.208 e. The van der Waals surface area contributed by atoms with Crippen molar-refractivity contribution in [2.24, 2.45) is 5.92 Å². The maximum absolute atomic E-state index is 12.3. The zero-order valence-corrected chi connectivity index (χ0v) is 13.7. The molecule has 0 spiro atoms. The normalized spacial score (nSPS) is 17.4. The molecule has 0 aromatic heterocycles. The maximum Gasteiger partial charge on any atom is 0.240 e. The van der Waals surface area contributed by atoms with E-state index in [4.69, 9.17) is 0 Å². The number of sulfonamides is 1. The van der Waals surface area contributed by atoms with Crippen LogP contribution in [-0.2, 0) is 10.0 Å². The van der Waals surface area contributed by atoms with Gasteiger partial charge in [0.25, 0.3) is 0 Å². The molecule has 0 saturated heterocycles. The molecule has 1 unspecified atom stereocenters. The van der Waals surface area contributed by atoms with E-state index in [0.29, 0.717) is 4.90 Å². The minimum atomic E-state index is -3.40. The highest BCUT2D eigenvalue weighted by Crippen LogP contribution is 2.34. The average Bonchev–Trinajstić information content (AvgIpc) is 3.15. The first-order valence-corrected chi connectivity index (χ1v) is 8.98. The van der Waals surface area contributed by atoms with Crippen molar-refractivity contribution in [2.75, 3.05) is 0 Å². The van der Waals surface area contributed by atoms with Crippen molar-refractivity contribution in [1.82, 2.24) is 4.72 Å². The van der Waals surface area contributed by atoms with Gasteiger partial charge in [-0.05, 0) is 49.4 Å². The van der Waals surface area contributed by atoms with Gasteiger partial charge in [0.2, 0.25) is 10.0 Å². The number of halogens is 1. The monoisotopic (exact) mass is 345 g/mol. The van der Waals surface area contributed by atoms with Crippen LogP contribution in [0.1, 0.15) is 38.2 Å². The Morgan fingerprint density at radius 2 is 2.11 bits per heavy atom. The molecule has 0 bridgehead atoms. The minimum absolute atomic E-state index is 0.0569. The van der Waals surface area contributed by atoms with Crippen LogP contribution in [0.2, 0.25) is 0 Å². The van der Waals surface area contributed by atoms with Crippen molar-refractivity contribution in [3.63, 3.8) is 0 Å². The Balaban J connectivity index is 2.13. The van der Waals surface area contributed by atoms with E-state index >= 15 is 0 Å². The van der Waals surface area contributed by atoms with Gasteiger partial charge in [0.1, 0.15) is 0 Å². The van der Waals surface area contributed by atoms with Crippen LogP contribution in [-0.4, -0.2) is 14.5 Å². The van der Waals surface area contributed by atoms with Crippen LogP contribution in [0.5, 0.6) is 0 Å². The SMILES string of the molecule is CCC(CC1CC1)NS(=O)(=O)c1ccc(Br)c(C)c1. The van der Waals surface area contributed by atoms with E-state index in [2.05, 4.69) is 20.7 Å². The molecule has 1 fully saturated rings. The lowest BCUT2D eigenvalue weighted by Gasteiger charge is -2.17. The summed E-state index contributed by atoms with van der Waals surface area (Å²) >= 11 is 3.39. The molecule has 3 nitrogen and oxygen atoms in total. The van der Waals surface area contributed by atoms with Gasteiger partial charge < -0.3 is 0 Å². The summed E-state index contributed by atoms with van der Waals surface area (Å²) in [5, 5.41) is 0. The first-order valence-electron chi connectivity index (χ1n) is 6.71. The summed E-state index contributed by atoms with van der Waals surface area (Å²) in [4.78, 5) is 0.349. The average molecular weight is 346 g/mol. The second-order valence-corrected chi connectivity index (χ2v) is 7.88. The van der Waals surface area contributed by atoms with E-state index in [1.54, 1.807) is 18.2 Å². The van der Waals surface area contributed by atoms with Crippen LogP contribution in [0.25, 0.3) is 0 Å². The molecule has 0 radical (unpaired) electrons. The molecular formula is C14H20BrNO2S. The second-order valence-electron chi connectivity index (χ2n) is 5.32. The fraction of sp³-hybridized carbons (Fsp3) is 0.571. The second kappa shape index (κ2) is 5.94. The van der Waals surface area contributed by atoms with Crippen molar-refractivity contribution in [2.45, 2.75) is 50.5 Å². The van der Waals surface area contributed by atoms with Gasteiger partial charge in [-0.25, -0.2) is 13.1 Å². The molecule has 0 heterocycles. The van der Waals surface area contributed by atoms with Crippen molar-refractivity contribution in [3.05, 3.63) is 28.2 Å². The number of hydrogen-bond acceptors (Lipinski definition) is 2. The predicted octanol–water partition coefficient (Wildman–Crippen LogP) is 3.61. The smallest absolute Gasteiger partial charge is 0.208 e. The summed E-state index contributed by atoms with van der Waals surface area (Å²) in [6.07, 6.45) is 4.29. The molecule has 106 valence electrons. The molecule has 1 aliphatic carbocycles. The molecule has 1 N–H and O–H groups in total. The lowest BCUT2D eigenvalue weighted by atomic mass is 10.1. The fourth-order valence-electron chi connectivity index (χ4n) is 2.13. The van der Waals surface area contributed by atoms with Gasteiger partial charge in [0.15, 0.2) is 0 Å². The quantitative estimate of drug-likeness (QED) is 0.855. The molecule has 1 saturated carbocycles. The molecule has 0 aliphatic heterocycles. The summed E-state index contributed by atoms with van der Waals surface area (Å²) in [6, 6.07) is 5.19. The van der Waals surface area contributed by atoms with Crippen LogP contribution in [0, 0.1) is 12.8 Å². The molecule has 5 heteroatoms. The Labute approximate surface area is 124 Å². The van der Waals surface area contributed by atoms with Crippen molar-refractivity contribution in [1.29, 1.82) is 0 Å². The largest absolute Gasteiger partial charge is 0.240 e. The number of hydrogen-bond donors (Lipinski definition) is 1. The van der Waals surface area contributed by atoms with Gasteiger partial charge in [0.05, 0.1) is 4.90 Å². The van der Waals surface area contributed by atoms with Gasteiger partial charge in [-0.15, -0.1) is 0 Å². The van der Waals surface area contributed by atoms with Crippen LogP contribution in [0.15, 0.2) is 27.6 Å². The Kier molecular flexibility index (Phi) is 4.69. The summed E-state index contributed by atoms with van der Waals surface area (Å²) in [7, 11) is -3.40. The zero-order chi connectivity index (χ0) is 14.0. The van der Waals surface area contributed by atoms with Gasteiger partial charge >= 0.3 is 0 Å². The van der Waals surface area contributed by atoms with E-state index in [1.165, 1.54) is 12.8 Å². The molecule has 1 atom stereocenters. The first-order chi connectivity index (χ1) is 8.92. The van der Waals surface area contributed by atoms with E-state index < -0.39 is 10.0 Å². The molecule has 1 aromatic carbocycles. The number of benzene rings is 1. The number of nitrogens with one attached hydrogen (secondary N) is 1. The highest BCUT2D eigenvalue weighted by Gasteiger charge is 2.27. The van der Waals surface area contributed by atoms with Crippen molar-refractivity contribution < 1.29 is 8.42 Å². The van der Waals surface area contributed by atoms with Gasteiger partial charge in [-0.2, -0.15) is 0 Å². The molecule has 2 rings (SSSR count). The lowest BCUT2D eigenvalue weighted by molar-refractivity contribution is 0.495. The van der Waals surface area contributed by atoms with Crippen LogP contribution >= 0.6 is 15.9 Å². The van der Waals surface area contributed by atoms with Gasteiger partial charge in [0, 0.05) is 10.5 Å². The van der Waals surface area contributed by atoms with Crippen LogP contribution in [0.3, 0.4) is 0 Å². The van der Waals surface area contributed by atoms with Gasteiger partial charge in [-0.3, -0.25) is 0 Å². The third-order valence-corrected chi connectivity index (χ3v) is 5.98. The Bertz CT molecular complexity index is 553. The Hall–Kier alpha value is -0.390. The molecule has 1 aliphatic rings.